The number of nitrogens with zero attached hydrogens (tertiary/aromatic N) is 2. The molecule has 0 unspecified atom stereocenters. The molecule has 0 N–H and O–H groups in total. The number of hydrogen-bond donors (Lipinski definition) is 0. The summed E-state index contributed by atoms with van der Waals surface area (Å²) in [4.78, 5) is 15.6. The van der Waals surface area contributed by atoms with Gasteiger partial charge in [0, 0.05) is 25.7 Å². The normalized spacial score (nSPS) is 17.6. The first-order chi connectivity index (χ1) is 7.76. The summed E-state index contributed by atoms with van der Waals surface area (Å²) in [5.74, 6) is -0.331. The van der Waals surface area contributed by atoms with Crippen molar-refractivity contribution in [2.24, 2.45) is 0 Å². The van der Waals surface area contributed by atoms with Gasteiger partial charge in [0.1, 0.15) is 6.61 Å². The molecule has 0 amide bonds. The Labute approximate surface area is 97.9 Å². The molecule has 0 bridgehead atoms. The molecule has 1 fully saturated rings. The Kier molecular flexibility index (Phi) is 6.11. The summed E-state index contributed by atoms with van der Waals surface area (Å²) in [7, 11) is 0. The average molecular weight is 226 g/mol. The number of carbonyl (C=O) groups excluding carboxylic acids is 1. The van der Waals surface area contributed by atoms with E-state index in [1.54, 1.807) is 0 Å². The second kappa shape index (κ2) is 7.41. The van der Waals surface area contributed by atoms with E-state index in [2.05, 4.69) is 23.3 Å². The summed E-state index contributed by atoms with van der Waals surface area (Å²) in [6.07, 6.45) is 3.71. The van der Waals surface area contributed by atoms with Crippen LogP contribution in [0.25, 0.3) is 0 Å². The Morgan fingerprint density at radius 3 is 2.69 bits per heavy atom. The highest BCUT2D eigenvalue weighted by molar-refractivity contribution is 5.81. The minimum atomic E-state index is -0.331. The average Bonchev–Trinajstić information content (AvgIpc) is 2.74. The van der Waals surface area contributed by atoms with Crippen molar-refractivity contribution >= 4 is 5.97 Å². The fourth-order valence-electron chi connectivity index (χ4n) is 1.79. The van der Waals surface area contributed by atoms with E-state index < -0.39 is 0 Å². The van der Waals surface area contributed by atoms with Gasteiger partial charge in [-0.3, -0.25) is 9.80 Å². The lowest BCUT2D eigenvalue weighted by atomic mass is 10.3. The molecule has 0 aliphatic carbocycles. The van der Waals surface area contributed by atoms with Gasteiger partial charge in [-0.15, -0.1) is 0 Å². The predicted octanol–water partition coefficient (Wildman–Crippen LogP) is 1.09. The first-order valence-electron chi connectivity index (χ1n) is 6.00. The Balaban J connectivity index is 2.07. The molecule has 0 spiro atoms. The van der Waals surface area contributed by atoms with E-state index in [-0.39, 0.29) is 5.97 Å². The van der Waals surface area contributed by atoms with E-state index in [0.717, 1.165) is 26.3 Å². The van der Waals surface area contributed by atoms with Crippen LogP contribution in [-0.2, 0) is 9.53 Å². The molecule has 16 heavy (non-hydrogen) atoms. The molecule has 0 radical (unpaired) electrons. The monoisotopic (exact) mass is 226 g/mol. The van der Waals surface area contributed by atoms with Crippen molar-refractivity contribution in [2.75, 3.05) is 39.5 Å². The minimum absolute atomic E-state index is 0.331. The molecule has 4 heteroatoms. The summed E-state index contributed by atoms with van der Waals surface area (Å²) in [5, 5.41) is 0. The lowest BCUT2D eigenvalue weighted by Crippen LogP contribution is -2.29. The van der Waals surface area contributed by atoms with Crippen LogP contribution in [0.1, 0.15) is 19.8 Å². The van der Waals surface area contributed by atoms with E-state index in [9.17, 15) is 4.79 Å². The summed E-state index contributed by atoms with van der Waals surface area (Å²) in [6.45, 7) is 11.3. The van der Waals surface area contributed by atoms with Crippen LogP contribution >= 0.6 is 0 Å². The Morgan fingerprint density at radius 1 is 1.38 bits per heavy atom. The van der Waals surface area contributed by atoms with Crippen LogP contribution in [0, 0.1) is 0 Å². The number of rotatable bonds is 7. The molecule has 0 atom stereocenters. The van der Waals surface area contributed by atoms with Crippen molar-refractivity contribution in [3.63, 3.8) is 0 Å². The van der Waals surface area contributed by atoms with Crippen molar-refractivity contribution in [1.82, 2.24) is 9.80 Å². The maximum atomic E-state index is 10.8. The number of carbonyl (C=O) groups is 1. The van der Waals surface area contributed by atoms with E-state index >= 15 is 0 Å². The summed E-state index contributed by atoms with van der Waals surface area (Å²) < 4.78 is 4.95. The lowest BCUT2D eigenvalue weighted by molar-refractivity contribution is -0.138. The van der Waals surface area contributed by atoms with Crippen LogP contribution < -0.4 is 0 Å². The molecule has 4 nitrogen and oxygen atoms in total. The van der Waals surface area contributed by atoms with Gasteiger partial charge in [-0.1, -0.05) is 19.9 Å². The zero-order chi connectivity index (χ0) is 11.8. The third-order valence-corrected chi connectivity index (χ3v) is 2.78. The highest BCUT2D eigenvalue weighted by Crippen LogP contribution is 2.05. The van der Waals surface area contributed by atoms with Crippen molar-refractivity contribution in [1.29, 1.82) is 0 Å². The summed E-state index contributed by atoms with van der Waals surface area (Å²) >= 11 is 0. The van der Waals surface area contributed by atoms with Crippen LogP contribution in [0.2, 0.25) is 0 Å². The highest BCUT2D eigenvalue weighted by Gasteiger charge is 2.18. The second-order valence-corrected chi connectivity index (χ2v) is 4.10. The van der Waals surface area contributed by atoms with Gasteiger partial charge in [0.15, 0.2) is 0 Å². The molecule has 92 valence electrons. The largest absolute Gasteiger partial charge is 0.461 e. The first kappa shape index (κ1) is 13.2. The molecule has 1 aliphatic rings. The van der Waals surface area contributed by atoms with Gasteiger partial charge in [-0.2, -0.15) is 0 Å². The quantitative estimate of drug-likeness (QED) is 0.480. The van der Waals surface area contributed by atoms with Gasteiger partial charge in [0.25, 0.3) is 0 Å². The van der Waals surface area contributed by atoms with E-state index in [4.69, 9.17) is 4.74 Å². The number of esters is 1. The Hall–Kier alpha value is -0.870. The van der Waals surface area contributed by atoms with Gasteiger partial charge in [0.2, 0.25) is 0 Å². The first-order valence-corrected chi connectivity index (χ1v) is 6.00. The SMILES string of the molecule is C=CC(=O)OCCN1CCN(CCCC)C1. The second-order valence-electron chi connectivity index (χ2n) is 4.10. The van der Waals surface area contributed by atoms with Gasteiger partial charge in [-0.25, -0.2) is 4.79 Å². The molecule has 0 aromatic heterocycles. The fourth-order valence-corrected chi connectivity index (χ4v) is 1.79. The lowest BCUT2D eigenvalue weighted by Gasteiger charge is -2.17. The molecular weight excluding hydrogens is 204 g/mol. The van der Waals surface area contributed by atoms with Crippen LogP contribution in [0.4, 0.5) is 0 Å². The van der Waals surface area contributed by atoms with Crippen LogP contribution in [0.3, 0.4) is 0 Å². The van der Waals surface area contributed by atoms with Crippen molar-refractivity contribution in [3.8, 4) is 0 Å². The molecule has 0 aromatic rings. The third-order valence-electron chi connectivity index (χ3n) is 2.78. The van der Waals surface area contributed by atoms with Gasteiger partial charge in [-0.05, 0) is 13.0 Å². The molecule has 0 saturated carbocycles. The molecule has 0 aromatic carbocycles. The summed E-state index contributed by atoms with van der Waals surface area (Å²) in [6, 6.07) is 0. The van der Waals surface area contributed by atoms with Crippen LogP contribution in [0.5, 0.6) is 0 Å². The minimum Gasteiger partial charge on any atom is -0.461 e. The van der Waals surface area contributed by atoms with Crippen molar-refractivity contribution in [3.05, 3.63) is 12.7 Å². The standard InChI is InChI=1S/C12H22N2O2/c1-3-5-6-13-7-8-14(11-13)9-10-16-12(15)4-2/h4H,2-3,5-11H2,1H3. The van der Waals surface area contributed by atoms with E-state index in [1.807, 2.05) is 0 Å². The van der Waals surface area contributed by atoms with Crippen LogP contribution in [-0.4, -0.2) is 55.2 Å². The Bertz CT molecular complexity index is 231. The van der Waals surface area contributed by atoms with Crippen molar-refractivity contribution in [2.45, 2.75) is 19.8 Å². The van der Waals surface area contributed by atoms with Crippen molar-refractivity contribution < 1.29 is 9.53 Å². The molecule has 1 aliphatic heterocycles. The van der Waals surface area contributed by atoms with E-state index in [0.29, 0.717) is 6.61 Å². The number of hydrogen-bond acceptors (Lipinski definition) is 4. The van der Waals surface area contributed by atoms with Gasteiger partial charge >= 0.3 is 5.97 Å². The van der Waals surface area contributed by atoms with E-state index in [1.165, 1.54) is 25.5 Å². The summed E-state index contributed by atoms with van der Waals surface area (Å²) in [5.41, 5.74) is 0. The molecule has 1 rings (SSSR count). The maximum Gasteiger partial charge on any atom is 0.330 e. The topological polar surface area (TPSA) is 32.8 Å². The molecular formula is C12H22N2O2. The third kappa shape index (κ3) is 4.77. The Morgan fingerprint density at radius 2 is 2.06 bits per heavy atom. The number of ether oxygens (including phenoxy) is 1. The molecule has 1 heterocycles. The number of unbranched alkanes of at least 4 members (excludes halogenated alkanes) is 1. The van der Waals surface area contributed by atoms with Crippen LogP contribution in [0.15, 0.2) is 12.7 Å². The zero-order valence-electron chi connectivity index (χ0n) is 10.2. The van der Waals surface area contributed by atoms with Gasteiger partial charge in [0.05, 0.1) is 6.67 Å². The van der Waals surface area contributed by atoms with Gasteiger partial charge < -0.3 is 4.74 Å². The smallest absolute Gasteiger partial charge is 0.330 e. The molecule has 1 saturated heterocycles. The maximum absolute atomic E-state index is 10.8. The predicted molar refractivity (Wildman–Crippen MR) is 64.1 cm³/mol. The highest BCUT2D eigenvalue weighted by atomic mass is 16.5. The fraction of sp³-hybridized carbons (Fsp3) is 0.750. The zero-order valence-corrected chi connectivity index (χ0v) is 10.2.